The van der Waals surface area contributed by atoms with Crippen LogP contribution in [-0.4, -0.2) is 32.0 Å². The molecule has 6 nitrogen and oxygen atoms in total. The molecule has 0 fully saturated rings. The lowest BCUT2D eigenvalue weighted by molar-refractivity contribution is 0.0988. The monoisotopic (exact) mass is 357 g/mol. The summed E-state index contributed by atoms with van der Waals surface area (Å²) in [5.74, 6) is 1.22. The van der Waals surface area contributed by atoms with E-state index in [0.717, 1.165) is 16.8 Å². The molecule has 27 heavy (non-hydrogen) atoms. The molecule has 0 saturated heterocycles. The minimum atomic E-state index is -0.0255. The van der Waals surface area contributed by atoms with Gasteiger partial charge in [-0.05, 0) is 49.7 Å². The van der Waals surface area contributed by atoms with E-state index in [4.69, 9.17) is 0 Å². The van der Waals surface area contributed by atoms with Gasteiger partial charge >= 0.3 is 0 Å². The van der Waals surface area contributed by atoms with Crippen LogP contribution in [-0.2, 0) is 0 Å². The molecule has 134 valence electrons. The zero-order valence-electron chi connectivity index (χ0n) is 15.2. The number of anilines is 1. The maximum Gasteiger partial charge on any atom is 0.258 e. The van der Waals surface area contributed by atoms with Crippen molar-refractivity contribution in [1.29, 1.82) is 0 Å². The van der Waals surface area contributed by atoms with Crippen molar-refractivity contribution in [1.82, 2.24) is 19.6 Å². The number of hydrogen-bond donors (Lipinski definition) is 0. The highest BCUT2D eigenvalue weighted by molar-refractivity contribution is 6.06. The van der Waals surface area contributed by atoms with Gasteiger partial charge in [-0.25, -0.2) is 4.98 Å². The van der Waals surface area contributed by atoms with Crippen LogP contribution in [0.1, 0.15) is 22.8 Å². The largest absolute Gasteiger partial charge is 0.309 e. The van der Waals surface area contributed by atoms with Gasteiger partial charge in [0.1, 0.15) is 0 Å². The van der Waals surface area contributed by atoms with Crippen molar-refractivity contribution in [2.45, 2.75) is 13.8 Å². The summed E-state index contributed by atoms with van der Waals surface area (Å²) in [7, 11) is 0. The summed E-state index contributed by atoms with van der Waals surface area (Å²) in [6.07, 6.45) is 3.55. The number of carbonyl (C=O) groups excluding carboxylic acids is 1. The number of rotatable bonds is 4. The number of aromatic nitrogens is 4. The van der Waals surface area contributed by atoms with Gasteiger partial charge in [-0.2, -0.15) is 0 Å². The Morgan fingerprint density at radius 1 is 1.07 bits per heavy atom. The van der Waals surface area contributed by atoms with Crippen molar-refractivity contribution in [2.75, 3.05) is 11.4 Å². The summed E-state index contributed by atoms with van der Waals surface area (Å²) in [6.45, 7) is 4.60. The van der Waals surface area contributed by atoms with Crippen LogP contribution in [0, 0.1) is 6.92 Å². The van der Waals surface area contributed by atoms with E-state index in [1.165, 1.54) is 0 Å². The maximum absolute atomic E-state index is 13.0. The highest BCUT2D eigenvalue weighted by atomic mass is 16.2. The second-order valence-electron chi connectivity index (χ2n) is 6.28. The Balaban J connectivity index is 1.64. The molecule has 4 aromatic rings. The first-order chi connectivity index (χ1) is 13.2. The number of fused-ring (bicyclic) bond motifs is 1. The lowest BCUT2D eigenvalue weighted by Crippen LogP contribution is -2.30. The van der Waals surface area contributed by atoms with Crippen LogP contribution in [0.5, 0.6) is 0 Å². The van der Waals surface area contributed by atoms with E-state index < -0.39 is 0 Å². The number of nitrogens with zero attached hydrogens (tertiary/aromatic N) is 5. The first-order valence-electron chi connectivity index (χ1n) is 8.82. The molecule has 6 heteroatoms. The van der Waals surface area contributed by atoms with E-state index >= 15 is 0 Å². The van der Waals surface area contributed by atoms with Crippen LogP contribution in [0.4, 0.5) is 5.69 Å². The quantitative estimate of drug-likeness (QED) is 0.558. The molecule has 2 heterocycles. The Labute approximate surface area is 157 Å². The summed E-state index contributed by atoms with van der Waals surface area (Å²) in [5.41, 5.74) is 3.54. The number of carbonyl (C=O) groups is 1. The summed E-state index contributed by atoms with van der Waals surface area (Å²) in [4.78, 5) is 18.9. The maximum atomic E-state index is 13.0. The zero-order chi connectivity index (χ0) is 18.8. The van der Waals surface area contributed by atoms with Crippen LogP contribution < -0.4 is 4.90 Å². The van der Waals surface area contributed by atoms with Gasteiger partial charge in [0.2, 0.25) is 0 Å². The van der Waals surface area contributed by atoms with Crippen LogP contribution in [0.25, 0.3) is 17.2 Å². The third-order valence-corrected chi connectivity index (χ3v) is 4.45. The molecule has 2 aromatic heterocycles. The van der Waals surface area contributed by atoms with Crippen LogP contribution >= 0.6 is 0 Å². The zero-order valence-corrected chi connectivity index (χ0v) is 15.2. The second kappa shape index (κ2) is 6.99. The van der Waals surface area contributed by atoms with Gasteiger partial charge in [-0.3, -0.25) is 9.20 Å². The summed E-state index contributed by atoms with van der Waals surface area (Å²) >= 11 is 0. The van der Waals surface area contributed by atoms with Crippen molar-refractivity contribution < 1.29 is 4.79 Å². The normalized spacial score (nSPS) is 10.9. The number of aryl methyl sites for hydroxylation is 1. The van der Waals surface area contributed by atoms with Gasteiger partial charge in [0, 0.05) is 35.8 Å². The molecule has 2 aromatic carbocycles. The lowest BCUT2D eigenvalue weighted by Gasteiger charge is -2.21. The summed E-state index contributed by atoms with van der Waals surface area (Å²) in [6, 6.07) is 17.2. The molecule has 0 N–H and O–H groups in total. The molecule has 0 aliphatic heterocycles. The summed E-state index contributed by atoms with van der Waals surface area (Å²) in [5, 5.41) is 8.27. The molecule has 0 aliphatic carbocycles. The Kier molecular flexibility index (Phi) is 4.38. The van der Waals surface area contributed by atoms with E-state index in [2.05, 4.69) is 15.2 Å². The van der Waals surface area contributed by atoms with Crippen LogP contribution in [0.15, 0.2) is 67.0 Å². The summed E-state index contributed by atoms with van der Waals surface area (Å²) < 4.78 is 1.82. The molecule has 0 spiro atoms. The van der Waals surface area contributed by atoms with Gasteiger partial charge in [0.15, 0.2) is 5.82 Å². The topological polar surface area (TPSA) is 63.4 Å². The number of benzene rings is 2. The van der Waals surface area contributed by atoms with E-state index in [9.17, 15) is 4.79 Å². The fraction of sp³-hybridized carbons (Fsp3) is 0.143. The average Bonchev–Trinajstić information content (AvgIpc) is 3.13. The first-order valence-corrected chi connectivity index (χ1v) is 8.82. The van der Waals surface area contributed by atoms with Gasteiger partial charge in [0.25, 0.3) is 11.7 Å². The molecule has 4 rings (SSSR count). The molecule has 0 radical (unpaired) electrons. The van der Waals surface area contributed by atoms with E-state index in [-0.39, 0.29) is 5.91 Å². The standard InChI is InChI=1S/C21H19N5O/c1-3-25(18-7-4-6-15(2)14-18)20(27)17-10-8-16(9-11-17)19-23-24-21-22-12-5-13-26(19)21/h4-14H,3H2,1-2H3. The fourth-order valence-electron chi connectivity index (χ4n) is 3.10. The van der Waals surface area contributed by atoms with Crippen molar-refractivity contribution in [3.8, 4) is 11.4 Å². The highest BCUT2D eigenvalue weighted by Gasteiger charge is 2.17. The van der Waals surface area contributed by atoms with Crippen molar-refractivity contribution in [3.05, 3.63) is 78.1 Å². The van der Waals surface area contributed by atoms with Gasteiger partial charge < -0.3 is 4.90 Å². The van der Waals surface area contributed by atoms with Gasteiger partial charge in [-0.1, -0.05) is 24.3 Å². The molecule has 1 amide bonds. The first kappa shape index (κ1) is 16.9. The third-order valence-electron chi connectivity index (χ3n) is 4.45. The van der Waals surface area contributed by atoms with E-state index in [0.29, 0.717) is 23.7 Å². The SMILES string of the molecule is CCN(C(=O)c1ccc(-c2nnc3ncccn23)cc1)c1cccc(C)c1. The highest BCUT2D eigenvalue weighted by Crippen LogP contribution is 2.21. The van der Waals surface area contributed by atoms with Crippen LogP contribution in [0.3, 0.4) is 0 Å². The lowest BCUT2D eigenvalue weighted by atomic mass is 10.1. The van der Waals surface area contributed by atoms with Gasteiger partial charge in [-0.15, -0.1) is 10.2 Å². The molecular formula is C21H19N5O. The smallest absolute Gasteiger partial charge is 0.258 e. The molecule has 0 bridgehead atoms. The minimum Gasteiger partial charge on any atom is -0.309 e. The second-order valence-corrected chi connectivity index (χ2v) is 6.28. The fourth-order valence-corrected chi connectivity index (χ4v) is 3.10. The Bertz CT molecular complexity index is 1100. The molecule has 0 atom stereocenters. The molecular weight excluding hydrogens is 338 g/mol. The molecule has 0 unspecified atom stereocenters. The third kappa shape index (κ3) is 3.17. The Hall–Kier alpha value is -3.54. The predicted octanol–water partition coefficient (Wildman–Crippen LogP) is 3.77. The Morgan fingerprint density at radius 3 is 2.63 bits per heavy atom. The van der Waals surface area contributed by atoms with Crippen molar-refractivity contribution in [2.24, 2.45) is 0 Å². The average molecular weight is 357 g/mol. The van der Waals surface area contributed by atoms with Gasteiger partial charge in [0.05, 0.1) is 0 Å². The number of hydrogen-bond acceptors (Lipinski definition) is 4. The molecule has 0 aliphatic rings. The van der Waals surface area contributed by atoms with E-state index in [1.54, 1.807) is 11.1 Å². The van der Waals surface area contributed by atoms with Crippen LogP contribution in [0.2, 0.25) is 0 Å². The Morgan fingerprint density at radius 2 is 1.89 bits per heavy atom. The van der Waals surface area contributed by atoms with Crippen molar-refractivity contribution in [3.63, 3.8) is 0 Å². The minimum absolute atomic E-state index is 0.0255. The molecule has 0 saturated carbocycles. The predicted molar refractivity (Wildman–Crippen MR) is 105 cm³/mol. The number of amides is 1. The van der Waals surface area contributed by atoms with Crippen molar-refractivity contribution >= 4 is 17.4 Å². The van der Waals surface area contributed by atoms with E-state index in [1.807, 2.05) is 79.0 Å².